The molecule has 0 bridgehead atoms. The average Bonchev–Trinajstić information content (AvgIpc) is 3.19. The highest BCUT2D eigenvalue weighted by molar-refractivity contribution is 8.03. The molecule has 29 heavy (non-hydrogen) atoms. The van der Waals surface area contributed by atoms with E-state index in [4.69, 9.17) is 9.15 Å². The summed E-state index contributed by atoms with van der Waals surface area (Å²) in [7, 11) is 0. The number of morpholine rings is 1. The first-order valence-corrected chi connectivity index (χ1v) is 11.5. The summed E-state index contributed by atoms with van der Waals surface area (Å²) >= 11 is 3.09. The molecule has 1 saturated heterocycles. The molecule has 0 spiro atoms. The molecule has 2 aromatic heterocycles. The molecule has 7 heteroatoms. The Morgan fingerprint density at radius 1 is 1.17 bits per heavy atom. The molecule has 0 amide bonds. The first-order chi connectivity index (χ1) is 14.2. The highest BCUT2D eigenvalue weighted by Gasteiger charge is 2.21. The highest BCUT2D eigenvalue weighted by Crippen LogP contribution is 2.39. The van der Waals surface area contributed by atoms with Crippen LogP contribution in [0.3, 0.4) is 0 Å². The van der Waals surface area contributed by atoms with Crippen LogP contribution in [0.25, 0.3) is 21.4 Å². The van der Waals surface area contributed by atoms with Crippen LogP contribution in [0.15, 0.2) is 50.8 Å². The van der Waals surface area contributed by atoms with E-state index in [9.17, 15) is 4.79 Å². The van der Waals surface area contributed by atoms with Gasteiger partial charge in [-0.05, 0) is 47.4 Å². The van der Waals surface area contributed by atoms with Gasteiger partial charge in [-0.25, -0.2) is 0 Å². The van der Waals surface area contributed by atoms with Crippen molar-refractivity contribution in [2.45, 2.75) is 12.8 Å². The van der Waals surface area contributed by atoms with E-state index in [-0.39, 0.29) is 5.43 Å². The third-order valence-corrected chi connectivity index (χ3v) is 7.19. The zero-order valence-corrected chi connectivity index (χ0v) is 17.7. The number of hydrogen-bond donors (Lipinski definition) is 0. The molecular formula is C22H22N2O3S2. The molecule has 0 aliphatic carbocycles. The summed E-state index contributed by atoms with van der Waals surface area (Å²) < 4.78 is 14.7. The molecule has 5 rings (SSSR count). The second-order valence-electron chi connectivity index (χ2n) is 7.18. The number of fused-ring (bicyclic) bond motifs is 2. The van der Waals surface area contributed by atoms with Crippen LogP contribution in [0, 0.1) is 0 Å². The first-order valence-electron chi connectivity index (χ1n) is 9.81. The fourth-order valence-electron chi connectivity index (χ4n) is 3.98. The lowest BCUT2D eigenvalue weighted by molar-refractivity contribution is 0.121. The van der Waals surface area contributed by atoms with Gasteiger partial charge >= 0.3 is 0 Å². The van der Waals surface area contributed by atoms with Crippen molar-refractivity contribution in [3.63, 3.8) is 0 Å². The fourth-order valence-corrected chi connectivity index (χ4v) is 5.59. The zero-order valence-electron chi connectivity index (χ0n) is 16.1. The van der Waals surface area contributed by atoms with Gasteiger partial charge in [0.2, 0.25) is 5.43 Å². The minimum atomic E-state index is 0.0193. The van der Waals surface area contributed by atoms with Gasteiger partial charge < -0.3 is 18.4 Å². The Labute approximate surface area is 177 Å². The van der Waals surface area contributed by atoms with E-state index in [0.717, 1.165) is 43.6 Å². The molecule has 1 aromatic carbocycles. The van der Waals surface area contributed by atoms with E-state index in [0.29, 0.717) is 29.4 Å². The highest BCUT2D eigenvalue weighted by atomic mass is 32.2. The molecule has 0 atom stereocenters. The third kappa shape index (κ3) is 3.47. The molecular weight excluding hydrogens is 404 g/mol. The van der Waals surface area contributed by atoms with Gasteiger partial charge in [-0.15, -0.1) is 11.3 Å². The van der Waals surface area contributed by atoms with Crippen LogP contribution in [0.2, 0.25) is 0 Å². The predicted octanol–water partition coefficient (Wildman–Crippen LogP) is 4.90. The van der Waals surface area contributed by atoms with E-state index < -0.39 is 0 Å². The Morgan fingerprint density at radius 3 is 2.86 bits per heavy atom. The lowest BCUT2D eigenvalue weighted by Gasteiger charge is -2.29. The number of aryl methyl sites for hydroxylation is 1. The van der Waals surface area contributed by atoms with Crippen LogP contribution >= 0.6 is 23.3 Å². The number of thiophene rings is 1. The van der Waals surface area contributed by atoms with Crippen molar-refractivity contribution in [3.8, 4) is 11.1 Å². The molecule has 0 unspecified atom stereocenters. The van der Waals surface area contributed by atoms with E-state index in [1.807, 2.05) is 10.8 Å². The topological polar surface area (TPSA) is 45.9 Å². The summed E-state index contributed by atoms with van der Waals surface area (Å²) in [4.78, 5) is 14.8. The number of nitrogens with zero attached hydrogens (tertiary/aromatic N) is 2. The SMILES string of the molecule is C=CSN1CCCc2ccc(-c3csc4c(=O)cc(N5CCOCC5)oc34)cc21. The minimum Gasteiger partial charge on any atom is -0.439 e. The van der Waals surface area contributed by atoms with Crippen LogP contribution in [-0.4, -0.2) is 32.8 Å². The van der Waals surface area contributed by atoms with Gasteiger partial charge in [-0.1, -0.05) is 18.7 Å². The van der Waals surface area contributed by atoms with E-state index in [1.165, 1.54) is 22.6 Å². The molecule has 150 valence electrons. The van der Waals surface area contributed by atoms with E-state index >= 15 is 0 Å². The molecule has 4 heterocycles. The maximum absolute atomic E-state index is 12.7. The van der Waals surface area contributed by atoms with E-state index in [2.05, 4.69) is 34.0 Å². The summed E-state index contributed by atoms with van der Waals surface area (Å²) in [5.41, 5.74) is 5.34. The maximum atomic E-state index is 12.7. The molecule has 1 fully saturated rings. The van der Waals surface area contributed by atoms with Crippen molar-refractivity contribution in [2.24, 2.45) is 0 Å². The standard InChI is InChI=1S/C22H22N2O3S2/c1-2-29-24-7-3-4-15-5-6-16(12-18(15)24)17-14-28-22-19(25)13-20(27-21(17)22)23-8-10-26-11-9-23/h2,5-6,12-14H,1,3-4,7-11H2. The quantitative estimate of drug-likeness (QED) is 0.553. The van der Waals surface area contributed by atoms with Gasteiger partial charge in [0.1, 0.15) is 4.70 Å². The van der Waals surface area contributed by atoms with Gasteiger partial charge in [0.25, 0.3) is 0 Å². The maximum Gasteiger partial charge on any atom is 0.204 e. The van der Waals surface area contributed by atoms with Crippen LogP contribution < -0.4 is 14.6 Å². The summed E-state index contributed by atoms with van der Waals surface area (Å²) in [5.74, 6) is 0.632. The smallest absolute Gasteiger partial charge is 0.204 e. The normalized spacial score (nSPS) is 16.8. The Bertz CT molecular complexity index is 1110. The molecule has 0 N–H and O–H groups in total. The number of anilines is 2. The van der Waals surface area contributed by atoms with Gasteiger partial charge in [0, 0.05) is 36.6 Å². The van der Waals surface area contributed by atoms with Gasteiger partial charge in [0.15, 0.2) is 11.5 Å². The third-order valence-electron chi connectivity index (χ3n) is 5.43. The van der Waals surface area contributed by atoms with Crippen molar-refractivity contribution in [1.82, 2.24) is 0 Å². The van der Waals surface area contributed by atoms with Crippen molar-refractivity contribution in [1.29, 1.82) is 0 Å². The number of rotatable bonds is 4. The summed E-state index contributed by atoms with van der Waals surface area (Å²) in [6, 6.07) is 8.18. The van der Waals surface area contributed by atoms with Crippen molar-refractivity contribution >= 4 is 45.1 Å². The minimum absolute atomic E-state index is 0.0193. The lowest BCUT2D eigenvalue weighted by atomic mass is 9.99. The van der Waals surface area contributed by atoms with Gasteiger partial charge in [0.05, 0.1) is 18.9 Å². The van der Waals surface area contributed by atoms with Crippen LogP contribution in [0.4, 0.5) is 11.6 Å². The fraction of sp³-hybridized carbons (Fsp3) is 0.318. The Morgan fingerprint density at radius 2 is 2.03 bits per heavy atom. The molecule has 2 aliphatic rings. The monoisotopic (exact) mass is 426 g/mol. The summed E-state index contributed by atoms with van der Waals surface area (Å²) in [5, 5.41) is 3.91. The number of ether oxygens (including phenoxy) is 1. The number of hydrogen-bond acceptors (Lipinski definition) is 7. The summed E-state index contributed by atoms with van der Waals surface area (Å²) in [6.07, 6.45) is 2.23. The first kappa shape index (κ1) is 18.8. The van der Waals surface area contributed by atoms with Crippen molar-refractivity contribution in [3.05, 3.63) is 57.4 Å². The zero-order chi connectivity index (χ0) is 19.8. The average molecular weight is 427 g/mol. The second-order valence-corrected chi connectivity index (χ2v) is 9.04. The largest absolute Gasteiger partial charge is 0.439 e. The second kappa shape index (κ2) is 7.89. The van der Waals surface area contributed by atoms with Crippen LogP contribution in [0.5, 0.6) is 0 Å². The molecule has 5 nitrogen and oxygen atoms in total. The van der Waals surface area contributed by atoms with Crippen molar-refractivity contribution in [2.75, 3.05) is 42.1 Å². The van der Waals surface area contributed by atoms with Crippen LogP contribution in [0.1, 0.15) is 12.0 Å². The van der Waals surface area contributed by atoms with Crippen LogP contribution in [-0.2, 0) is 11.2 Å². The van der Waals surface area contributed by atoms with Crippen molar-refractivity contribution < 1.29 is 9.15 Å². The predicted molar refractivity (Wildman–Crippen MR) is 122 cm³/mol. The van der Waals surface area contributed by atoms with Gasteiger partial charge in [-0.2, -0.15) is 0 Å². The Balaban J connectivity index is 1.60. The Kier molecular flexibility index (Phi) is 5.11. The Hall–Kier alpha value is -2.22. The molecule has 0 saturated carbocycles. The van der Waals surface area contributed by atoms with Gasteiger partial charge in [-0.3, -0.25) is 4.79 Å². The number of benzene rings is 1. The molecule has 2 aliphatic heterocycles. The molecule has 3 aromatic rings. The molecule has 0 radical (unpaired) electrons. The van der Waals surface area contributed by atoms with E-state index in [1.54, 1.807) is 18.0 Å². The summed E-state index contributed by atoms with van der Waals surface area (Å²) in [6.45, 7) is 7.65. The lowest BCUT2D eigenvalue weighted by Crippen LogP contribution is -2.36.